The van der Waals surface area contributed by atoms with Crippen molar-refractivity contribution in [2.75, 3.05) is 19.0 Å². The Balaban J connectivity index is 2.33. The van der Waals surface area contributed by atoms with E-state index < -0.39 is 5.97 Å². The highest BCUT2D eigenvalue weighted by Gasteiger charge is 2.16. The van der Waals surface area contributed by atoms with Crippen molar-refractivity contribution in [1.29, 1.82) is 0 Å². The van der Waals surface area contributed by atoms with Gasteiger partial charge in [-0.2, -0.15) is 4.98 Å². The minimum Gasteiger partial charge on any atom is -0.497 e. The zero-order valence-corrected chi connectivity index (χ0v) is 12.3. The highest BCUT2D eigenvalue weighted by Crippen LogP contribution is 2.23. The summed E-state index contributed by atoms with van der Waals surface area (Å²) in [6.07, 6.45) is 1.33. The third-order valence-corrected chi connectivity index (χ3v) is 2.77. The van der Waals surface area contributed by atoms with Crippen molar-refractivity contribution in [2.24, 2.45) is 0 Å². The molecule has 0 spiro atoms. The number of aromatic nitrogens is 2. The minimum atomic E-state index is -0.514. The van der Waals surface area contributed by atoms with Gasteiger partial charge < -0.3 is 14.8 Å². The Bertz CT molecular complexity index is 649. The molecule has 110 valence electrons. The topological polar surface area (TPSA) is 73.3 Å². The maximum atomic E-state index is 11.9. The third kappa shape index (κ3) is 3.82. The number of nitrogens with one attached hydrogen (secondary N) is 1. The van der Waals surface area contributed by atoms with Gasteiger partial charge in [0.2, 0.25) is 5.28 Å². The van der Waals surface area contributed by atoms with E-state index in [0.717, 1.165) is 0 Å². The highest BCUT2D eigenvalue weighted by molar-refractivity contribution is 6.28. The minimum absolute atomic E-state index is 0.0356. The van der Waals surface area contributed by atoms with Gasteiger partial charge in [-0.15, -0.1) is 0 Å². The Morgan fingerprint density at radius 1 is 1.43 bits per heavy atom. The summed E-state index contributed by atoms with van der Waals surface area (Å²) in [4.78, 5) is 19.7. The van der Waals surface area contributed by atoms with Gasteiger partial charge in [0.25, 0.3) is 0 Å². The summed E-state index contributed by atoms with van der Waals surface area (Å²) in [6, 6.07) is 7.21. The molecule has 0 bridgehead atoms. The van der Waals surface area contributed by atoms with Gasteiger partial charge in [0.05, 0.1) is 13.7 Å². The van der Waals surface area contributed by atoms with Gasteiger partial charge >= 0.3 is 5.97 Å². The molecule has 0 aliphatic heterocycles. The van der Waals surface area contributed by atoms with Crippen molar-refractivity contribution in [3.8, 4) is 5.75 Å². The standard InChI is InChI=1S/C14H14ClN3O3/c1-3-21-13(19)11-8-16-14(15)18-12(11)17-9-5-4-6-10(7-9)20-2/h4-8H,3H2,1-2H3,(H,16,17,18). The lowest BCUT2D eigenvalue weighted by Crippen LogP contribution is -2.10. The Morgan fingerprint density at radius 3 is 2.95 bits per heavy atom. The van der Waals surface area contributed by atoms with E-state index >= 15 is 0 Å². The summed E-state index contributed by atoms with van der Waals surface area (Å²) >= 11 is 5.78. The van der Waals surface area contributed by atoms with Gasteiger partial charge in [-0.25, -0.2) is 9.78 Å². The normalized spacial score (nSPS) is 10.0. The summed E-state index contributed by atoms with van der Waals surface area (Å²) in [5, 5.41) is 3.05. The molecular weight excluding hydrogens is 294 g/mol. The fourth-order valence-electron chi connectivity index (χ4n) is 1.65. The van der Waals surface area contributed by atoms with Crippen LogP contribution in [0.3, 0.4) is 0 Å². The van der Waals surface area contributed by atoms with E-state index in [4.69, 9.17) is 21.1 Å². The fourth-order valence-corrected chi connectivity index (χ4v) is 1.78. The molecule has 0 amide bonds. The first-order valence-corrected chi connectivity index (χ1v) is 6.62. The summed E-state index contributed by atoms with van der Waals surface area (Å²) < 4.78 is 10.1. The van der Waals surface area contributed by atoms with Crippen LogP contribution in [0.2, 0.25) is 5.28 Å². The number of carbonyl (C=O) groups excluding carboxylic acids is 1. The van der Waals surface area contributed by atoms with Crippen LogP contribution in [0.5, 0.6) is 5.75 Å². The van der Waals surface area contributed by atoms with Gasteiger partial charge in [0.15, 0.2) is 0 Å². The van der Waals surface area contributed by atoms with Crippen LogP contribution < -0.4 is 10.1 Å². The second-order valence-corrected chi connectivity index (χ2v) is 4.32. The Morgan fingerprint density at radius 2 is 2.24 bits per heavy atom. The van der Waals surface area contributed by atoms with E-state index in [-0.39, 0.29) is 23.3 Å². The van der Waals surface area contributed by atoms with E-state index in [2.05, 4.69) is 15.3 Å². The molecule has 0 unspecified atom stereocenters. The number of hydrogen-bond donors (Lipinski definition) is 1. The molecule has 0 aliphatic carbocycles. The number of esters is 1. The number of benzene rings is 1. The summed E-state index contributed by atoms with van der Waals surface area (Å²) in [5.41, 5.74) is 0.915. The summed E-state index contributed by atoms with van der Waals surface area (Å²) in [7, 11) is 1.57. The first kappa shape index (κ1) is 15.1. The largest absolute Gasteiger partial charge is 0.497 e. The second kappa shape index (κ2) is 6.90. The van der Waals surface area contributed by atoms with Crippen LogP contribution in [-0.2, 0) is 4.74 Å². The molecule has 1 aromatic carbocycles. The van der Waals surface area contributed by atoms with Gasteiger partial charge in [0.1, 0.15) is 17.1 Å². The first-order chi connectivity index (χ1) is 10.1. The molecule has 1 N–H and O–H groups in total. The third-order valence-electron chi connectivity index (χ3n) is 2.59. The second-order valence-electron chi connectivity index (χ2n) is 3.98. The van der Waals surface area contributed by atoms with Crippen LogP contribution in [0.4, 0.5) is 11.5 Å². The van der Waals surface area contributed by atoms with Gasteiger partial charge in [0, 0.05) is 18.0 Å². The van der Waals surface area contributed by atoms with Crippen LogP contribution >= 0.6 is 11.6 Å². The number of methoxy groups -OCH3 is 1. The molecule has 2 aromatic rings. The average Bonchev–Trinajstić information content (AvgIpc) is 2.48. The number of nitrogens with zero attached hydrogens (tertiary/aromatic N) is 2. The Hall–Kier alpha value is -2.34. The lowest BCUT2D eigenvalue weighted by atomic mass is 10.2. The summed E-state index contributed by atoms with van der Waals surface area (Å²) in [6.45, 7) is 1.99. The van der Waals surface area contributed by atoms with Crippen molar-refractivity contribution in [2.45, 2.75) is 6.92 Å². The molecule has 0 fully saturated rings. The number of anilines is 2. The predicted octanol–water partition coefficient (Wildman–Crippen LogP) is 3.06. The molecule has 2 rings (SSSR count). The van der Waals surface area contributed by atoms with Crippen molar-refractivity contribution in [1.82, 2.24) is 9.97 Å². The van der Waals surface area contributed by atoms with E-state index in [1.807, 2.05) is 18.2 Å². The molecule has 0 saturated heterocycles. The molecule has 0 aliphatic rings. The molecule has 0 atom stereocenters. The van der Waals surface area contributed by atoms with Crippen LogP contribution in [0, 0.1) is 0 Å². The average molecular weight is 308 g/mol. The molecule has 1 aromatic heterocycles. The smallest absolute Gasteiger partial charge is 0.343 e. The number of carbonyl (C=O) groups is 1. The van der Waals surface area contributed by atoms with E-state index in [9.17, 15) is 4.79 Å². The molecule has 0 radical (unpaired) electrons. The van der Waals surface area contributed by atoms with Crippen molar-refractivity contribution < 1.29 is 14.3 Å². The lowest BCUT2D eigenvalue weighted by molar-refractivity contribution is 0.0526. The van der Waals surface area contributed by atoms with Gasteiger partial charge in [-0.05, 0) is 30.7 Å². The van der Waals surface area contributed by atoms with Crippen LogP contribution in [0.25, 0.3) is 0 Å². The zero-order valence-electron chi connectivity index (χ0n) is 11.6. The maximum Gasteiger partial charge on any atom is 0.343 e. The molecule has 6 nitrogen and oxygen atoms in total. The van der Waals surface area contributed by atoms with Gasteiger partial charge in [-0.3, -0.25) is 0 Å². The van der Waals surface area contributed by atoms with E-state index in [0.29, 0.717) is 11.4 Å². The lowest BCUT2D eigenvalue weighted by Gasteiger charge is -2.11. The monoisotopic (exact) mass is 307 g/mol. The predicted molar refractivity (Wildman–Crippen MR) is 79.3 cm³/mol. The molecule has 1 heterocycles. The molecular formula is C14H14ClN3O3. The van der Waals surface area contributed by atoms with E-state index in [1.165, 1.54) is 6.20 Å². The SMILES string of the molecule is CCOC(=O)c1cnc(Cl)nc1Nc1cccc(OC)c1. The Kier molecular flexibility index (Phi) is 4.94. The Labute approximate surface area is 127 Å². The van der Waals surface area contributed by atoms with Crippen molar-refractivity contribution in [3.63, 3.8) is 0 Å². The van der Waals surface area contributed by atoms with Crippen molar-refractivity contribution >= 4 is 29.1 Å². The van der Waals surface area contributed by atoms with Crippen LogP contribution in [0.15, 0.2) is 30.5 Å². The maximum absolute atomic E-state index is 11.9. The molecule has 21 heavy (non-hydrogen) atoms. The zero-order chi connectivity index (χ0) is 15.2. The van der Waals surface area contributed by atoms with E-state index in [1.54, 1.807) is 20.1 Å². The molecule has 0 saturated carbocycles. The van der Waals surface area contributed by atoms with Gasteiger partial charge in [-0.1, -0.05) is 6.07 Å². The first-order valence-electron chi connectivity index (χ1n) is 6.24. The summed E-state index contributed by atoms with van der Waals surface area (Å²) in [5.74, 6) is 0.444. The quantitative estimate of drug-likeness (QED) is 0.676. The number of halogens is 1. The highest BCUT2D eigenvalue weighted by atomic mass is 35.5. The number of rotatable bonds is 5. The molecule has 7 heteroatoms. The number of ether oxygens (including phenoxy) is 2. The van der Waals surface area contributed by atoms with Crippen molar-refractivity contribution in [3.05, 3.63) is 41.3 Å². The van der Waals surface area contributed by atoms with Crippen LogP contribution in [-0.4, -0.2) is 29.7 Å². The fraction of sp³-hybridized carbons (Fsp3) is 0.214. The number of hydrogen-bond acceptors (Lipinski definition) is 6. The van der Waals surface area contributed by atoms with Crippen LogP contribution in [0.1, 0.15) is 17.3 Å².